The maximum Gasteiger partial charge on any atom is 0.227 e. The SMILES string of the molecule is CNCC1CCN(C(=O)Cc2cc(C)ccc2C)C1. The van der Waals surface area contributed by atoms with E-state index in [2.05, 4.69) is 37.4 Å². The van der Waals surface area contributed by atoms with Crippen LogP contribution in [0.5, 0.6) is 0 Å². The molecule has 2 rings (SSSR count). The first-order chi connectivity index (χ1) is 9.10. The molecule has 0 aromatic heterocycles. The van der Waals surface area contributed by atoms with Crippen LogP contribution in [0.25, 0.3) is 0 Å². The minimum absolute atomic E-state index is 0.271. The molecule has 1 atom stereocenters. The third-order valence-corrected chi connectivity index (χ3v) is 3.98. The Morgan fingerprint density at radius 1 is 1.42 bits per heavy atom. The van der Waals surface area contributed by atoms with Crippen LogP contribution in [0.4, 0.5) is 0 Å². The monoisotopic (exact) mass is 260 g/mol. The summed E-state index contributed by atoms with van der Waals surface area (Å²) in [5.74, 6) is 0.889. The van der Waals surface area contributed by atoms with Crippen molar-refractivity contribution in [3.8, 4) is 0 Å². The van der Waals surface area contributed by atoms with Gasteiger partial charge in [0.25, 0.3) is 0 Å². The molecule has 3 nitrogen and oxygen atoms in total. The van der Waals surface area contributed by atoms with Crippen molar-refractivity contribution >= 4 is 5.91 Å². The van der Waals surface area contributed by atoms with Gasteiger partial charge >= 0.3 is 0 Å². The molecule has 1 aromatic carbocycles. The minimum atomic E-state index is 0.271. The van der Waals surface area contributed by atoms with Crippen LogP contribution in [-0.2, 0) is 11.2 Å². The molecule has 0 aliphatic carbocycles. The van der Waals surface area contributed by atoms with Crippen LogP contribution >= 0.6 is 0 Å². The van der Waals surface area contributed by atoms with Crippen molar-refractivity contribution in [3.63, 3.8) is 0 Å². The van der Waals surface area contributed by atoms with Crippen LogP contribution in [-0.4, -0.2) is 37.5 Å². The van der Waals surface area contributed by atoms with Gasteiger partial charge in [-0.1, -0.05) is 23.8 Å². The molecule has 1 aliphatic rings. The highest BCUT2D eigenvalue weighted by Gasteiger charge is 2.25. The smallest absolute Gasteiger partial charge is 0.227 e. The van der Waals surface area contributed by atoms with Gasteiger partial charge in [-0.2, -0.15) is 0 Å². The first kappa shape index (κ1) is 14.1. The van der Waals surface area contributed by atoms with E-state index in [0.717, 1.165) is 26.1 Å². The van der Waals surface area contributed by atoms with Gasteiger partial charge in [-0.3, -0.25) is 4.79 Å². The lowest BCUT2D eigenvalue weighted by Gasteiger charge is -2.17. The third kappa shape index (κ3) is 3.57. The molecule has 3 heteroatoms. The second kappa shape index (κ2) is 6.20. The zero-order valence-electron chi connectivity index (χ0n) is 12.2. The minimum Gasteiger partial charge on any atom is -0.342 e. The summed E-state index contributed by atoms with van der Waals surface area (Å²) >= 11 is 0. The predicted octanol–water partition coefficient (Wildman–Crippen LogP) is 1.91. The summed E-state index contributed by atoms with van der Waals surface area (Å²) in [7, 11) is 1.97. The zero-order valence-corrected chi connectivity index (χ0v) is 12.2. The Morgan fingerprint density at radius 3 is 2.95 bits per heavy atom. The fourth-order valence-electron chi connectivity index (χ4n) is 2.78. The topological polar surface area (TPSA) is 32.3 Å². The van der Waals surface area contributed by atoms with Gasteiger partial charge in [0, 0.05) is 13.1 Å². The number of rotatable bonds is 4. The molecule has 1 heterocycles. The number of nitrogens with zero attached hydrogens (tertiary/aromatic N) is 1. The molecule has 19 heavy (non-hydrogen) atoms. The first-order valence-electron chi connectivity index (χ1n) is 7.08. The summed E-state index contributed by atoms with van der Waals surface area (Å²) in [4.78, 5) is 14.4. The lowest BCUT2D eigenvalue weighted by Crippen LogP contribution is -2.31. The lowest BCUT2D eigenvalue weighted by molar-refractivity contribution is -0.129. The molecular weight excluding hydrogens is 236 g/mol. The van der Waals surface area contributed by atoms with Crippen molar-refractivity contribution in [1.29, 1.82) is 0 Å². The van der Waals surface area contributed by atoms with Crippen LogP contribution in [0.2, 0.25) is 0 Å². The van der Waals surface area contributed by atoms with Gasteiger partial charge in [0.15, 0.2) is 0 Å². The van der Waals surface area contributed by atoms with Gasteiger partial charge < -0.3 is 10.2 Å². The van der Waals surface area contributed by atoms with Gasteiger partial charge in [0.1, 0.15) is 0 Å². The second-order valence-corrected chi connectivity index (χ2v) is 5.66. The number of carbonyl (C=O) groups is 1. The molecule has 1 saturated heterocycles. The van der Waals surface area contributed by atoms with Crippen molar-refractivity contribution < 1.29 is 4.79 Å². The molecular formula is C16H24N2O. The largest absolute Gasteiger partial charge is 0.342 e. The van der Waals surface area contributed by atoms with Crippen molar-refractivity contribution in [1.82, 2.24) is 10.2 Å². The van der Waals surface area contributed by atoms with E-state index in [1.165, 1.54) is 16.7 Å². The highest BCUT2D eigenvalue weighted by molar-refractivity contribution is 5.79. The van der Waals surface area contributed by atoms with Crippen LogP contribution in [0.3, 0.4) is 0 Å². The summed E-state index contributed by atoms with van der Waals surface area (Å²) in [6.07, 6.45) is 1.67. The molecule has 1 amide bonds. The number of hydrogen-bond donors (Lipinski definition) is 1. The van der Waals surface area contributed by atoms with Gasteiger partial charge in [0.2, 0.25) is 5.91 Å². The Morgan fingerprint density at radius 2 is 2.21 bits per heavy atom. The first-order valence-corrected chi connectivity index (χ1v) is 7.08. The van der Waals surface area contributed by atoms with Gasteiger partial charge in [-0.05, 0) is 50.9 Å². The Balaban J connectivity index is 1.96. The molecule has 1 N–H and O–H groups in total. The highest BCUT2D eigenvalue weighted by atomic mass is 16.2. The van der Waals surface area contributed by atoms with E-state index in [4.69, 9.17) is 0 Å². The lowest BCUT2D eigenvalue weighted by atomic mass is 10.0. The summed E-state index contributed by atoms with van der Waals surface area (Å²) < 4.78 is 0. The number of carbonyl (C=O) groups excluding carboxylic acids is 1. The van der Waals surface area contributed by atoms with Gasteiger partial charge in [-0.25, -0.2) is 0 Å². The summed E-state index contributed by atoms with van der Waals surface area (Å²) in [6.45, 7) is 6.98. The van der Waals surface area contributed by atoms with Crippen molar-refractivity contribution in [2.75, 3.05) is 26.7 Å². The third-order valence-electron chi connectivity index (χ3n) is 3.98. The van der Waals surface area contributed by atoms with Crippen LogP contribution in [0, 0.1) is 19.8 Å². The average Bonchev–Trinajstić information content (AvgIpc) is 2.83. The van der Waals surface area contributed by atoms with Crippen molar-refractivity contribution in [3.05, 3.63) is 34.9 Å². The van der Waals surface area contributed by atoms with E-state index < -0.39 is 0 Å². The molecule has 1 fully saturated rings. The van der Waals surface area contributed by atoms with E-state index >= 15 is 0 Å². The number of nitrogens with one attached hydrogen (secondary N) is 1. The quantitative estimate of drug-likeness (QED) is 0.897. The number of hydrogen-bond acceptors (Lipinski definition) is 2. The number of aryl methyl sites for hydroxylation is 2. The van der Waals surface area contributed by atoms with Crippen LogP contribution in [0.1, 0.15) is 23.1 Å². The highest BCUT2D eigenvalue weighted by Crippen LogP contribution is 2.18. The zero-order chi connectivity index (χ0) is 13.8. The molecule has 0 spiro atoms. The molecule has 0 saturated carbocycles. The van der Waals surface area contributed by atoms with Crippen molar-refractivity contribution in [2.45, 2.75) is 26.7 Å². The maximum absolute atomic E-state index is 12.3. The van der Waals surface area contributed by atoms with Crippen LogP contribution in [0.15, 0.2) is 18.2 Å². The number of likely N-dealkylation sites (tertiary alicyclic amines) is 1. The molecule has 1 unspecified atom stereocenters. The number of amides is 1. The van der Waals surface area contributed by atoms with Gasteiger partial charge in [0.05, 0.1) is 6.42 Å². The summed E-state index contributed by atoms with van der Waals surface area (Å²) in [5, 5.41) is 3.20. The van der Waals surface area contributed by atoms with E-state index in [9.17, 15) is 4.79 Å². The molecule has 1 aromatic rings. The fraction of sp³-hybridized carbons (Fsp3) is 0.562. The summed E-state index contributed by atoms with van der Waals surface area (Å²) in [5.41, 5.74) is 3.61. The standard InChI is InChI=1S/C16H24N2O/c1-12-4-5-13(2)15(8-12)9-16(19)18-7-6-14(11-18)10-17-3/h4-5,8,14,17H,6-7,9-11H2,1-3H3. The molecule has 1 aliphatic heterocycles. The van der Waals surface area contributed by atoms with Crippen molar-refractivity contribution in [2.24, 2.45) is 5.92 Å². The van der Waals surface area contributed by atoms with E-state index in [1.807, 2.05) is 11.9 Å². The Labute approximate surface area is 116 Å². The van der Waals surface area contributed by atoms with E-state index in [-0.39, 0.29) is 5.91 Å². The molecule has 0 bridgehead atoms. The Kier molecular flexibility index (Phi) is 4.59. The Bertz CT molecular complexity index is 456. The van der Waals surface area contributed by atoms with E-state index in [0.29, 0.717) is 12.3 Å². The second-order valence-electron chi connectivity index (χ2n) is 5.66. The van der Waals surface area contributed by atoms with E-state index in [1.54, 1.807) is 0 Å². The fourth-order valence-corrected chi connectivity index (χ4v) is 2.78. The Hall–Kier alpha value is -1.35. The van der Waals surface area contributed by atoms with Crippen LogP contribution < -0.4 is 5.32 Å². The van der Waals surface area contributed by atoms with Gasteiger partial charge in [-0.15, -0.1) is 0 Å². The predicted molar refractivity (Wildman–Crippen MR) is 78.2 cm³/mol. The summed E-state index contributed by atoms with van der Waals surface area (Å²) in [6, 6.07) is 6.34. The normalized spacial score (nSPS) is 18.9. The molecule has 104 valence electrons. The molecule has 0 radical (unpaired) electrons. The number of benzene rings is 1. The average molecular weight is 260 g/mol. The maximum atomic E-state index is 12.3.